The van der Waals surface area contributed by atoms with E-state index in [0.29, 0.717) is 10.7 Å². The van der Waals surface area contributed by atoms with E-state index in [1.807, 2.05) is 25.1 Å². The van der Waals surface area contributed by atoms with E-state index in [1.165, 1.54) is 11.3 Å². The molecule has 2 aromatic heterocycles. The minimum absolute atomic E-state index is 0.0447. The van der Waals surface area contributed by atoms with Crippen molar-refractivity contribution in [2.24, 2.45) is 0 Å². The number of ether oxygens (including phenoxy) is 2. The molecule has 0 fully saturated rings. The molecule has 0 unspecified atom stereocenters. The van der Waals surface area contributed by atoms with Crippen LogP contribution < -0.4 is 9.47 Å². The number of rotatable bonds is 2. The molecule has 0 bridgehead atoms. The van der Waals surface area contributed by atoms with Crippen LogP contribution in [-0.4, -0.2) is 27.3 Å². The van der Waals surface area contributed by atoms with Crippen molar-refractivity contribution >= 4 is 22.3 Å². The van der Waals surface area contributed by atoms with E-state index in [-0.39, 0.29) is 12.5 Å². The van der Waals surface area contributed by atoms with Gasteiger partial charge in [0.2, 0.25) is 6.79 Å². The number of nitrogens with zero attached hydrogens (tertiary/aromatic N) is 2. The van der Waals surface area contributed by atoms with E-state index in [9.17, 15) is 4.79 Å². The molecule has 0 spiro atoms. The van der Waals surface area contributed by atoms with Gasteiger partial charge in [-0.25, -0.2) is 9.78 Å². The zero-order valence-electron chi connectivity index (χ0n) is 11.0. The molecule has 1 aromatic carbocycles. The SMILES string of the molecule is Cc1sc2nc(C(=O)O)cn2c1-c1ccc2c(c1)OCO2. The van der Waals surface area contributed by atoms with Crippen molar-refractivity contribution in [3.05, 3.63) is 35.0 Å². The molecular weight excluding hydrogens is 292 g/mol. The number of carboxylic acids is 1. The number of fused-ring (bicyclic) bond motifs is 2. The van der Waals surface area contributed by atoms with Gasteiger partial charge in [0, 0.05) is 16.6 Å². The Bertz CT molecular complexity index is 881. The molecule has 0 amide bonds. The maximum Gasteiger partial charge on any atom is 0.356 e. The minimum atomic E-state index is -1.03. The lowest BCUT2D eigenvalue weighted by atomic mass is 10.1. The highest BCUT2D eigenvalue weighted by Crippen LogP contribution is 2.38. The Morgan fingerprint density at radius 1 is 1.38 bits per heavy atom. The summed E-state index contributed by atoms with van der Waals surface area (Å²) >= 11 is 1.46. The molecule has 7 heteroatoms. The number of aromatic nitrogens is 2. The van der Waals surface area contributed by atoms with Gasteiger partial charge in [-0.2, -0.15) is 0 Å². The fourth-order valence-electron chi connectivity index (χ4n) is 2.44. The highest BCUT2D eigenvalue weighted by atomic mass is 32.1. The monoisotopic (exact) mass is 302 g/mol. The molecule has 0 atom stereocenters. The molecule has 1 aliphatic rings. The van der Waals surface area contributed by atoms with Gasteiger partial charge in [-0.1, -0.05) is 0 Å². The first-order chi connectivity index (χ1) is 10.1. The van der Waals surface area contributed by atoms with Crippen molar-refractivity contribution < 1.29 is 19.4 Å². The van der Waals surface area contributed by atoms with Crippen LogP contribution in [-0.2, 0) is 0 Å². The van der Waals surface area contributed by atoms with E-state index < -0.39 is 5.97 Å². The van der Waals surface area contributed by atoms with Crippen molar-refractivity contribution in [3.8, 4) is 22.8 Å². The standard InChI is InChI=1S/C14H10N2O4S/c1-7-12(8-2-3-10-11(4-8)20-6-19-10)16-5-9(13(17)18)15-14(16)21-7/h2-5H,6H2,1H3,(H,17,18). The predicted octanol–water partition coefficient (Wildman–Crippen LogP) is 2.80. The molecule has 106 valence electrons. The molecule has 3 aromatic rings. The summed E-state index contributed by atoms with van der Waals surface area (Å²) in [5.74, 6) is 0.393. The van der Waals surface area contributed by atoms with Gasteiger partial charge in [0.15, 0.2) is 22.2 Å². The lowest BCUT2D eigenvalue weighted by molar-refractivity contribution is 0.0691. The van der Waals surface area contributed by atoms with Gasteiger partial charge in [0.1, 0.15) is 0 Å². The zero-order valence-corrected chi connectivity index (χ0v) is 11.8. The highest BCUT2D eigenvalue weighted by molar-refractivity contribution is 7.17. The van der Waals surface area contributed by atoms with E-state index in [4.69, 9.17) is 14.6 Å². The summed E-state index contributed by atoms with van der Waals surface area (Å²) in [4.78, 5) is 16.9. The maximum atomic E-state index is 11.0. The number of imidazole rings is 1. The van der Waals surface area contributed by atoms with Crippen LogP contribution in [0.4, 0.5) is 0 Å². The molecule has 3 heterocycles. The molecule has 0 saturated carbocycles. The van der Waals surface area contributed by atoms with Crippen LogP contribution in [0.25, 0.3) is 16.2 Å². The second-order valence-electron chi connectivity index (χ2n) is 4.66. The van der Waals surface area contributed by atoms with Gasteiger partial charge in [0.05, 0.1) is 5.69 Å². The van der Waals surface area contributed by atoms with Crippen LogP contribution in [0.5, 0.6) is 11.5 Å². The largest absolute Gasteiger partial charge is 0.476 e. The molecule has 0 radical (unpaired) electrons. The van der Waals surface area contributed by atoms with Crippen molar-refractivity contribution in [2.45, 2.75) is 6.92 Å². The van der Waals surface area contributed by atoms with Crippen molar-refractivity contribution in [1.29, 1.82) is 0 Å². The lowest BCUT2D eigenvalue weighted by Gasteiger charge is -2.03. The number of hydrogen-bond donors (Lipinski definition) is 1. The van der Waals surface area contributed by atoms with Gasteiger partial charge >= 0.3 is 5.97 Å². The van der Waals surface area contributed by atoms with Gasteiger partial charge in [0.25, 0.3) is 0 Å². The van der Waals surface area contributed by atoms with Crippen LogP contribution in [0.3, 0.4) is 0 Å². The molecular formula is C14H10N2O4S. The van der Waals surface area contributed by atoms with Crippen LogP contribution in [0.15, 0.2) is 24.4 Å². The Kier molecular flexibility index (Phi) is 2.46. The molecule has 4 rings (SSSR count). The molecule has 0 aliphatic carbocycles. The van der Waals surface area contributed by atoms with Crippen molar-refractivity contribution in [1.82, 2.24) is 9.38 Å². The van der Waals surface area contributed by atoms with Crippen molar-refractivity contribution in [3.63, 3.8) is 0 Å². The average molecular weight is 302 g/mol. The average Bonchev–Trinajstić information content (AvgIpc) is 3.10. The summed E-state index contributed by atoms with van der Waals surface area (Å²) in [6.07, 6.45) is 1.54. The molecule has 0 saturated heterocycles. The number of hydrogen-bond acceptors (Lipinski definition) is 5. The van der Waals surface area contributed by atoms with Crippen LogP contribution >= 0.6 is 11.3 Å². The zero-order chi connectivity index (χ0) is 14.6. The second-order valence-corrected chi connectivity index (χ2v) is 5.84. The smallest absolute Gasteiger partial charge is 0.356 e. The first-order valence-corrected chi connectivity index (χ1v) is 7.07. The molecule has 6 nitrogen and oxygen atoms in total. The Labute approximate surface area is 123 Å². The summed E-state index contributed by atoms with van der Waals surface area (Å²) < 4.78 is 12.5. The number of carboxylic acid groups (broad SMARTS) is 1. The van der Waals surface area contributed by atoms with Crippen LogP contribution in [0.1, 0.15) is 15.4 Å². The third-order valence-corrected chi connectivity index (χ3v) is 4.33. The van der Waals surface area contributed by atoms with E-state index in [1.54, 1.807) is 10.6 Å². The molecule has 1 aliphatic heterocycles. The number of benzene rings is 1. The Balaban J connectivity index is 1.92. The summed E-state index contributed by atoms with van der Waals surface area (Å²) in [5, 5.41) is 9.05. The normalized spacial score (nSPS) is 13.0. The number of aryl methyl sites for hydroxylation is 1. The predicted molar refractivity (Wildman–Crippen MR) is 76.3 cm³/mol. The Morgan fingerprint density at radius 2 is 2.19 bits per heavy atom. The van der Waals surface area contributed by atoms with Gasteiger partial charge in [-0.3, -0.25) is 4.40 Å². The lowest BCUT2D eigenvalue weighted by Crippen LogP contribution is -1.95. The number of thiazole rings is 1. The topological polar surface area (TPSA) is 73.1 Å². The number of aromatic carboxylic acids is 1. The summed E-state index contributed by atoms with van der Waals surface area (Å²) in [7, 11) is 0. The second kappa shape index (κ2) is 4.23. The molecule has 1 N–H and O–H groups in total. The highest BCUT2D eigenvalue weighted by Gasteiger charge is 2.19. The third kappa shape index (κ3) is 1.78. The van der Waals surface area contributed by atoms with E-state index in [2.05, 4.69) is 4.98 Å². The van der Waals surface area contributed by atoms with Crippen LogP contribution in [0, 0.1) is 6.92 Å². The molecule has 21 heavy (non-hydrogen) atoms. The third-order valence-electron chi connectivity index (χ3n) is 3.36. The first kappa shape index (κ1) is 12.2. The number of carbonyl (C=O) groups is 1. The first-order valence-electron chi connectivity index (χ1n) is 6.25. The summed E-state index contributed by atoms with van der Waals surface area (Å²) in [5.41, 5.74) is 1.91. The Morgan fingerprint density at radius 3 is 3.00 bits per heavy atom. The van der Waals surface area contributed by atoms with Crippen molar-refractivity contribution in [2.75, 3.05) is 6.79 Å². The summed E-state index contributed by atoms with van der Waals surface area (Å²) in [6, 6.07) is 5.69. The maximum absolute atomic E-state index is 11.0. The van der Waals surface area contributed by atoms with Gasteiger partial charge in [-0.05, 0) is 25.1 Å². The van der Waals surface area contributed by atoms with Gasteiger partial charge < -0.3 is 14.6 Å². The fraction of sp³-hybridized carbons (Fsp3) is 0.143. The summed E-state index contributed by atoms with van der Waals surface area (Å²) in [6.45, 7) is 2.21. The fourth-order valence-corrected chi connectivity index (χ4v) is 3.41. The van der Waals surface area contributed by atoms with Crippen LogP contribution in [0.2, 0.25) is 0 Å². The van der Waals surface area contributed by atoms with Gasteiger partial charge in [-0.15, -0.1) is 11.3 Å². The van der Waals surface area contributed by atoms with E-state index in [0.717, 1.165) is 21.9 Å². The van der Waals surface area contributed by atoms with E-state index >= 15 is 0 Å². The minimum Gasteiger partial charge on any atom is -0.476 e. The Hall–Kier alpha value is -2.54. The quantitative estimate of drug-likeness (QED) is 0.788.